The molecule has 1 fully saturated rings. The number of thiazole rings is 1. The largest absolute Gasteiger partial charge is 0.357 e. The van der Waals surface area contributed by atoms with Crippen LogP contribution in [0.3, 0.4) is 0 Å². The van der Waals surface area contributed by atoms with Crippen LogP contribution >= 0.6 is 22.9 Å². The number of halogens is 1. The average Bonchev–Trinajstić information content (AvgIpc) is 3.36. The minimum atomic E-state index is 0.726. The van der Waals surface area contributed by atoms with Gasteiger partial charge in [-0.25, -0.2) is 4.98 Å². The third-order valence-corrected chi connectivity index (χ3v) is 5.87. The normalized spacial score (nSPS) is 14.8. The number of hydrogen-bond donors (Lipinski definition) is 1. The van der Waals surface area contributed by atoms with Crippen molar-refractivity contribution in [3.05, 3.63) is 34.1 Å². The van der Waals surface area contributed by atoms with Crippen LogP contribution in [0.15, 0.2) is 22.6 Å². The first-order valence-electron chi connectivity index (χ1n) is 9.56. The number of guanidine groups is 1. The van der Waals surface area contributed by atoms with E-state index in [0.29, 0.717) is 0 Å². The molecule has 0 atom stereocenters. The third-order valence-electron chi connectivity index (χ3n) is 4.72. The second-order valence-electron chi connectivity index (χ2n) is 6.92. The quantitative estimate of drug-likeness (QED) is 0.563. The molecule has 1 saturated heterocycles. The maximum absolute atomic E-state index is 6.10. The van der Waals surface area contributed by atoms with Crippen LogP contribution in [0.4, 0.5) is 5.13 Å². The topological polar surface area (TPSA) is 48.7 Å². The fourth-order valence-corrected chi connectivity index (χ4v) is 4.44. The average molecular weight is 409 g/mol. The predicted molar refractivity (Wildman–Crippen MR) is 115 cm³/mol. The van der Waals surface area contributed by atoms with Crippen LogP contribution in [0.5, 0.6) is 0 Å². The van der Waals surface area contributed by atoms with Gasteiger partial charge in [0.25, 0.3) is 0 Å². The SMILES string of the molecule is CCNC(=NCCc1csc(N2CCCC2)n1)N(C)Cc1cc(Cl)cn1C. The van der Waals surface area contributed by atoms with Crippen molar-refractivity contribution >= 4 is 34.0 Å². The molecular weight excluding hydrogens is 380 g/mol. The van der Waals surface area contributed by atoms with E-state index in [-0.39, 0.29) is 0 Å². The third kappa shape index (κ3) is 5.39. The van der Waals surface area contributed by atoms with Crippen molar-refractivity contribution in [3.63, 3.8) is 0 Å². The molecule has 0 aromatic carbocycles. The smallest absolute Gasteiger partial charge is 0.194 e. The van der Waals surface area contributed by atoms with Crippen molar-refractivity contribution in [2.24, 2.45) is 12.0 Å². The molecule has 0 saturated carbocycles. The minimum Gasteiger partial charge on any atom is -0.357 e. The van der Waals surface area contributed by atoms with E-state index in [1.54, 1.807) is 11.3 Å². The van der Waals surface area contributed by atoms with Gasteiger partial charge in [0.1, 0.15) is 0 Å². The van der Waals surface area contributed by atoms with E-state index in [9.17, 15) is 0 Å². The molecule has 0 aliphatic carbocycles. The van der Waals surface area contributed by atoms with Crippen molar-refractivity contribution in [2.45, 2.75) is 32.7 Å². The van der Waals surface area contributed by atoms with Gasteiger partial charge in [-0.1, -0.05) is 11.6 Å². The summed E-state index contributed by atoms with van der Waals surface area (Å²) in [5, 5.41) is 7.47. The van der Waals surface area contributed by atoms with Crippen LogP contribution in [0.1, 0.15) is 31.2 Å². The lowest BCUT2D eigenvalue weighted by atomic mass is 10.3. The van der Waals surface area contributed by atoms with Gasteiger partial charge in [0, 0.05) is 64.0 Å². The zero-order valence-electron chi connectivity index (χ0n) is 16.4. The Labute approximate surface area is 170 Å². The molecule has 0 amide bonds. The van der Waals surface area contributed by atoms with Crippen molar-refractivity contribution in [1.29, 1.82) is 0 Å². The van der Waals surface area contributed by atoms with Gasteiger partial charge in [-0.3, -0.25) is 4.99 Å². The van der Waals surface area contributed by atoms with Gasteiger partial charge in [-0.05, 0) is 25.8 Å². The predicted octanol–water partition coefficient (Wildman–Crippen LogP) is 3.38. The van der Waals surface area contributed by atoms with Crippen LogP contribution in [0, 0.1) is 0 Å². The lowest BCUT2D eigenvalue weighted by Gasteiger charge is -2.22. The molecule has 1 N–H and O–H groups in total. The Morgan fingerprint density at radius 3 is 2.85 bits per heavy atom. The second kappa shape index (κ2) is 9.46. The molecule has 6 nitrogen and oxygen atoms in total. The first-order chi connectivity index (χ1) is 13.1. The highest BCUT2D eigenvalue weighted by Gasteiger charge is 2.15. The van der Waals surface area contributed by atoms with Gasteiger partial charge in [0.05, 0.1) is 17.3 Å². The molecule has 1 aliphatic heterocycles. The fourth-order valence-electron chi connectivity index (χ4n) is 3.25. The van der Waals surface area contributed by atoms with Crippen LogP contribution < -0.4 is 10.2 Å². The number of nitrogens with one attached hydrogen (secondary N) is 1. The zero-order valence-corrected chi connectivity index (χ0v) is 18.0. The summed E-state index contributed by atoms with van der Waals surface area (Å²) in [6.07, 6.45) is 5.35. The van der Waals surface area contributed by atoms with Gasteiger partial charge in [0.2, 0.25) is 0 Å². The summed E-state index contributed by atoms with van der Waals surface area (Å²) in [4.78, 5) is 14.1. The summed E-state index contributed by atoms with van der Waals surface area (Å²) in [5.74, 6) is 0.907. The number of hydrogen-bond acceptors (Lipinski definition) is 4. The van der Waals surface area contributed by atoms with Gasteiger partial charge < -0.3 is 19.7 Å². The number of aromatic nitrogens is 2. The number of aliphatic imine (C=N–C) groups is 1. The molecule has 3 heterocycles. The van der Waals surface area contributed by atoms with Crippen molar-refractivity contribution in [3.8, 4) is 0 Å². The van der Waals surface area contributed by atoms with Gasteiger partial charge in [0.15, 0.2) is 11.1 Å². The lowest BCUT2D eigenvalue weighted by Crippen LogP contribution is -2.39. The van der Waals surface area contributed by atoms with E-state index in [0.717, 1.165) is 66.6 Å². The zero-order chi connectivity index (χ0) is 19.2. The highest BCUT2D eigenvalue weighted by Crippen LogP contribution is 2.24. The second-order valence-corrected chi connectivity index (χ2v) is 8.19. The van der Waals surface area contributed by atoms with E-state index < -0.39 is 0 Å². The van der Waals surface area contributed by atoms with E-state index >= 15 is 0 Å². The van der Waals surface area contributed by atoms with E-state index in [1.807, 2.05) is 19.3 Å². The summed E-state index contributed by atoms with van der Waals surface area (Å²) >= 11 is 7.85. The Morgan fingerprint density at radius 2 is 2.19 bits per heavy atom. The Balaban J connectivity index is 1.57. The minimum absolute atomic E-state index is 0.726. The molecule has 1 aliphatic rings. The van der Waals surface area contributed by atoms with Crippen molar-refractivity contribution in [1.82, 2.24) is 19.8 Å². The monoisotopic (exact) mass is 408 g/mol. The molecule has 0 radical (unpaired) electrons. The standard InChI is InChI=1S/C19H29ClN6S/c1-4-21-18(25(3)13-17-11-15(20)12-24(17)2)22-8-7-16-14-27-19(23-16)26-9-5-6-10-26/h11-12,14H,4-10,13H2,1-3H3,(H,21,22). The molecule has 0 spiro atoms. The summed E-state index contributed by atoms with van der Waals surface area (Å²) in [7, 11) is 4.07. The molecule has 8 heteroatoms. The van der Waals surface area contributed by atoms with Gasteiger partial charge in [-0.15, -0.1) is 11.3 Å². The highest BCUT2D eigenvalue weighted by molar-refractivity contribution is 7.13. The molecule has 0 bridgehead atoms. The first-order valence-corrected chi connectivity index (χ1v) is 10.8. The molecule has 0 unspecified atom stereocenters. The molecule has 27 heavy (non-hydrogen) atoms. The van der Waals surface area contributed by atoms with E-state index in [4.69, 9.17) is 21.6 Å². The molecular formula is C19H29ClN6S. The molecule has 2 aromatic heterocycles. The van der Waals surface area contributed by atoms with Gasteiger partial charge in [-0.2, -0.15) is 0 Å². The van der Waals surface area contributed by atoms with Gasteiger partial charge >= 0.3 is 0 Å². The summed E-state index contributed by atoms with van der Waals surface area (Å²) in [5.41, 5.74) is 2.29. The molecule has 2 aromatic rings. The molecule has 148 valence electrons. The Kier molecular flexibility index (Phi) is 7.01. The Hall–Kier alpha value is -1.73. The number of rotatable bonds is 7. The van der Waals surface area contributed by atoms with Crippen LogP contribution in [0.25, 0.3) is 0 Å². The van der Waals surface area contributed by atoms with Crippen molar-refractivity contribution in [2.75, 3.05) is 38.1 Å². The number of nitrogens with zero attached hydrogens (tertiary/aromatic N) is 5. The highest BCUT2D eigenvalue weighted by atomic mass is 35.5. The Morgan fingerprint density at radius 1 is 1.41 bits per heavy atom. The van der Waals surface area contributed by atoms with Crippen LogP contribution in [-0.2, 0) is 20.0 Å². The molecule has 3 rings (SSSR count). The Bertz CT molecular complexity index is 762. The van der Waals surface area contributed by atoms with Crippen LogP contribution in [0.2, 0.25) is 5.02 Å². The summed E-state index contributed by atoms with van der Waals surface area (Å²) in [6.45, 7) is 6.69. The fraction of sp³-hybridized carbons (Fsp3) is 0.579. The van der Waals surface area contributed by atoms with E-state index in [2.05, 4.69) is 39.0 Å². The summed E-state index contributed by atoms with van der Waals surface area (Å²) in [6, 6.07) is 2.00. The van der Waals surface area contributed by atoms with E-state index in [1.165, 1.54) is 12.8 Å². The number of aryl methyl sites for hydroxylation is 1. The van der Waals surface area contributed by atoms with Crippen LogP contribution in [-0.4, -0.2) is 53.6 Å². The maximum Gasteiger partial charge on any atom is 0.194 e. The summed E-state index contributed by atoms with van der Waals surface area (Å²) < 4.78 is 2.05. The first kappa shape index (κ1) is 20.0. The lowest BCUT2D eigenvalue weighted by molar-refractivity contribution is 0.462. The maximum atomic E-state index is 6.10. The number of anilines is 1. The van der Waals surface area contributed by atoms with Crippen molar-refractivity contribution < 1.29 is 0 Å².